The summed E-state index contributed by atoms with van der Waals surface area (Å²) in [7, 11) is 0. The first-order valence-corrected chi connectivity index (χ1v) is 9.68. The van der Waals surface area contributed by atoms with E-state index in [4.69, 9.17) is 4.74 Å². The normalized spacial score (nSPS) is 12.1. The van der Waals surface area contributed by atoms with Crippen molar-refractivity contribution in [3.05, 3.63) is 46.2 Å². The summed E-state index contributed by atoms with van der Waals surface area (Å²) in [6.07, 6.45) is -2.84. The Morgan fingerprint density at radius 3 is 2.57 bits per heavy atom. The molecule has 0 fully saturated rings. The van der Waals surface area contributed by atoms with E-state index in [0.717, 1.165) is 29.6 Å². The summed E-state index contributed by atoms with van der Waals surface area (Å²) < 4.78 is 56.0. The highest BCUT2D eigenvalue weighted by Crippen LogP contribution is 2.30. The van der Waals surface area contributed by atoms with E-state index in [1.807, 2.05) is 6.92 Å². The van der Waals surface area contributed by atoms with Crippen LogP contribution in [-0.2, 0) is 12.7 Å². The SMILES string of the molecule is CCNC(=NCc1nc(C(F)(F)F)cs1)NCCCCOc1ccc(F)cc1. The highest BCUT2D eigenvalue weighted by atomic mass is 32.1. The molecule has 0 aliphatic carbocycles. The number of benzene rings is 1. The van der Waals surface area contributed by atoms with Crippen molar-refractivity contribution >= 4 is 17.3 Å². The van der Waals surface area contributed by atoms with Crippen molar-refractivity contribution in [1.82, 2.24) is 15.6 Å². The quantitative estimate of drug-likeness (QED) is 0.277. The van der Waals surface area contributed by atoms with Crippen LogP contribution < -0.4 is 15.4 Å². The predicted molar refractivity (Wildman–Crippen MR) is 101 cm³/mol. The smallest absolute Gasteiger partial charge is 0.434 e. The van der Waals surface area contributed by atoms with E-state index in [2.05, 4.69) is 20.6 Å². The molecule has 0 aliphatic rings. The maximum absolute atomic E-state index is 12.8. The number of aliphatic imine (C=N–C) groups is 1. The first-order chi connectivity index (χ1) is 13.4. The van der Waals surface area contributed by atoms with Gasteiger partial charge in [0.2, 0.25) is 0 Å². The van der Waals surface area contributed by atoms with Crippen molar-refractivity contribution in [3.8, 4) is 5.75 Å². The molecule has 2 aromatic rings. The zero-order valence-electron chi connectivity index (χ0n) is 15.4. The average molecular weight is 418 g/mol. The van der Waals surface area contributed by atoms with Crippen molar-refractivity contribution < 1.29 is 22.3 Å². The van der Waals surface area contributed by atoms with Gasteiger partial charge in [-0.2, -0.15) is 13.2 Å². The van der Waals surface area contributed by atoms with Gasteiger partial charge in [-0.3, -0.25) is 0 Å². The molecule has 0 aliphatic heterocycles. The van der Waals surface area contributed by atoms with Crippen molar-refractivity contribution in [3.63, 3.8) is 0 Å². The number of guanidine groups is 1. The molecule has 1 aromatic heterocycles. The third kappa shape index (κ3) is 7.71. The number of halogens is 4. The number of nitrogens with one attached hydrogen (secondary N) is 2. The second-order valence-corrected chi connectivity index (χ2v) is 6.70. The number of nitrogens with zero attached hydrogens (tertiary/aromatic N) is 2. The minimum atomic E-state index is -4.43. The fourth-order valence-electron chi connectivity index (χ4n) is 2.16. The topological polar surface area (TPSA) is 58.5 Å². The first kappa shape index (κ1) is 21.9. The van der Waals surface area contributed by atoms with Crippen LogP contribution in [0.25, 0.3) is 0 Å². The Kier molecular flexibility index (Phi) is 8.49. The number of hydrogen-bond donors (Lipinski definition) is 2. The maximum Gasteiger partial charge on any atom is 0.434 e. The van der Waals surface area contributed by atoms with Gasteiger partial charge >= 0.3 is 6.18 Å². The van der Waals surface area contributed by atoms with E-state index >= 15 is 0 Å². The molecule has 0 atom stereocenters. The third-order valence-corrected chi connectivity index (χ3v) is 4.34. The molecule has 5 nitrogen and oxygen atoms in total. The molecule has 10 heteroatoms. The van der Waals surface area contributed by atoms with Crippen LogP contribution in [0, 0.1) is 5.82 Å². The van der Waals surface area contributed by atoms with Crippen LogP contribution >= 0.6 is 11.3 Å². The molecule has 0 spiro atoms. The number of alkyl halides is 3. The predicted octanol–water partition coefficient (Wildman–Crippen LogP) is 4.22. The zero-order valence-corrected chi connectivity index (χ0v) is 16.2. The van der Waals surface area contributed by atoms with Crippen LogP contribution in [0.15, 0.2) is 34.6 Å². The lowest BCUT2D eigenvalue weighted by atomic mass is 10.3. The van der Waals surface area contributed by atoms with Crippen LogP contribution in [0.3, 0.4) is 0 Å². The van der Waals surface area contributed by atoms with Crippen LogP contribution in [0.2, 0.25) is 0 Å². The summed E-state index contributed by atoms with van der Waals surface area (Å²) >= 11 is 0.936. The van der Waals surface area contributed by atoms with Crippen LogP contribution in [0.1, 0.15) is 30.5 Å². The Bertz CT molecular complexity index is 747. The molecule has 0 bridgehead atoms. The largest absolute Gasteiger partial charge is 0.494 e. The third-order valence-electron chi connectivity index (χ3n) is 3.50. The van der Waals surface area contributed by atoms with Crippen molar-refractivity contribution in [2.24, 2.45) is 4.99 Å². The minimum Gasteiger partial charge on any atom is -0.494 e. The van der Waals surface area contributed by atoms with Gasteiger partial charge in [0.25, 0.3) is 0 Å². The van der Waals surface area contributed by atoms with Gasteiger partial charge in [-0.25, -0.2) is 14.4 Å². The molecule has 1 aromatic carbocycles. The van der Waals surface area contributed by atoms with E-state index < -0.39 is 11.9 Å². The van der Waals surface area contributed by atoms with Gasteiger partial charge in [0.15, 0.2) is 11.7 Å². The van der Waals surface area contributed by atoms with E-state index in [0.29, 0.717) is 36.4 Å². The Morgan fingerprint density at radius 2 is 1.93 bits per heavy atom. The van der Waals surface area contributed by atoms with Crippen molar-refractivity contribution in [2.45, 2.75) is 32.5 Å². The van der Waals surface area contributed by atoms with Gasteiger partial charge in [-0.05, 0) is 44.0 Å². The number of ether oxygens (including phenoxy) is 1. The molecule has 0 radical (unpaired) electrons. The van der Waals surface area contributed by atoms with Crippen molar-refractivity contribution in [2.75, 3.05) is 19.7 Å². The molecule has 0 saturated carbocycles. The fourth-order valence-corrected chi connectivity index (χ4v) is 2.88. The lowest BCUT2D eigenvalue weighted by Crippen LogP contribution is -2.37. The molecule has 2 rings (SSSR count). The van der Waals surface area contributed by atoms with Gasteiger partial charge in [0.1, 0.15) is 16.6 Å². The highest BCUT2D eigenvalue weighted by Gasteiger charge is 2.33. The van der Waals surface area contributed by atoms with Crippen LogP contribution in [-0.4, -0.2) is 30.6 Å². The maximum atomic E-state index is 12.8. The Balaban J connectivity index is 1.70. The van der Waals surface area contributed by atoms with E-state index in [1.54, 1.807) is 12.1 Å². The van der Waals surface area contributed by atoms with Gasteiger partial charge in [-0.15, -0.1) is 11.3 Å². The summed E-state index contributed by atoms with van der Waals surface area (Å²) in [5.74, 6) is 0.829. The van der Waals surface area contributed by atoms with Crippen molar-refractivity contribution in [1.29, 1.82) is 0 Å². The number of thiazole rings is 1. The van der Waals surface area contributed by atoms with Crippen LogP contribution in [0.5, 0.6) is 5.75 Å². The minimum absolute atomic E-state index is 0.0732. The van der Waals surface area contributed by atoms with Crippen LogP contribution in [0.4, 0.5) is 17.6 Å². The Hall–Kier alpha value is -2.36. The van der Waals surface area contributed by atoms with Gasteiger partial charge in [0, 0.05) is 18.5 Å². The molecule has 154 valence electrons. The molecular weight excluding hydrogens is 396 g/mol. The van der Waals surface area contributed by atoms with Gasteiger partial charge in [-0.1, -0.05) is 0 Å². The molecule has 2 N–H and O–H groups in total. The monoisotopic (exact) mass is 418 g/mol. The Morgan fingerprint density at radius 1 is 1.18 bits per heavy atom. The summed E-state index contributed by atoms with van der Waals surface area (Å²) in [4.78, 5) is 7.82. The molecule has 1 heterocycles. The molecule has 0 unspecified atom stereocenters. The van der Waals surface area contributed by atoms with E-state index in [1.165, 1.54) is 12.1 Å². The molecule has 0 amide bonds. The van der Waals surface area contributed by atoms with Gasteiger partial charge in [0.05, 0.1) is 13.2 Å². The second kappa shape index (κ2) is 10.8. The standard InChI is InChI=1S/C18H22F4N4OS/c1-2-23-17(25-11-16-26-15(12-28-16)18(20,21)22)24-9-3-4-10-27-14-7-5-13(19)6-8-14/h5-8,12H,2-4,9-11H2,1H3,(H2,23,24,25). The number of unbranched alkanes of at least 4 members (excludes halogenated alkanes) is 1. The van der Waals surface area contributed by atoms with Gasteiger partial charge < -0.3 is 15.4 Å². The Labute approximate surface area is 164 Å². The second-order valence-electron chi connectivity index (χ2n) is 5.76. The zero-order chi connectivity index (χ0) is 20.4. The molecule has 0 saturated heterocycles. The lowest BCUT2D eigenvalue weighted by molar-refractivity contribution is -0.140. The molecular formula is C18H22F4N4OS. The lowest BCUT2D eigenvalue weighted by Gasteiger charge is -2.11. The number of aromatic nitrogens is 1. The summed E-state index contributed by atoms with van der Waals surface area (Å²) in [6, 6.07) is 5.84. The fraction of sp³-hybridized carbons (Fsp3) is 0.444. The summed E-state index contributed by atoms with van der Waals surface area (Å²) in [6.45, 7) is 3.73. The average Bonchev–Trinajstić information content (AvgIpc) is 3.13. The molecule has 28 heavy (non-hydrogen) atoms. The first-order valence-electron chi connectivity index (χ1n) is 8.80. The van der Waals surface area contributed by atoms with E-state index in [9.17, 15) is 17.6 Å². The summed E-state index contributed by atoms with van der Waals surface area (Å²) in [5.41, 5.74) is -0.887. The number of hydrogen-bond acceptors (Lipinski definition) is 4. The highest BCUT2D eigenvalue weighted by molar-refractivity contribution is 7.09. The van der Waals surface area contributed by atoms with E-state index in [-0.39, 0.29) is 12.4 Å². The number of rotatable bonds is 9. The summed E-state index contributed by atoms with van der Waals surface area (Å²) in [5, 5.41) is 7.46.